The molecule has 5 fully saturated rings. The van der Waals surface area contributed by atoms with Crippen LogP contribution in [0.3, 0.4) is 0 Å². The number of thioether (sulfide) groups is 1. The first-order chi connectivity index (χ1) is 9.85. The molecule has 5 aliphatic rings. The molecule has 3 aliphatic carbocycles. The Morgan fingerprint density at radius 2 is 1.75 bits per heavy atom. The van der Waals surface area contributed by atoms with Gasteiger partial charge in [0.1, 0.15) is 0 Å². The van der Waals surface area contributed by atoms with Crippen LogP contribution in [0.4, 0.5) is 0 Å². The molecule has 0 radical (unpaired) electrons. The fourth-order valence-electron chi connectivity index (χ4n) is 6.08. The molecular weight excluding hydrogens is 266 g/mol. The quantitative estimate of drug-likeness (QED) is 0.845. The van der Waals surface area contributed by atoms with E-state index in [4.69, 9.17) is 4.74 Å². The zero-order valence-electron chi connectivity index (χ0n) is 12.4. The molecule has 1 N–H and O–H groups in total. The zero-order chi connectivity index (χ0) is 13.2. The summed E-state index contributed by atoms with van der Waals surface area (Å²) in [5.74, 6) is 6.98. The molecule has 2 saturated heterocycles. The van der Waals surface area contributed by atoms with Crippen LogP contribution >= 0.6 is 11.8 Å². The van der Waals surface area contributed by atoms with Crippen molar-refractivity contribution in [2.24, 2.45) is 23.7 Å². The van der Waals surface area contributed by atoms with E-state index in [1.807, 2.05) is 0 Å². The smallest absolute Gasteiger partial charge is 0.0713 e. The number of nitrogens with one attached hydrogen (secondary N) is 1. The molecular formula is C17H27NOS. The first-order valence-electron chi connectivity index (χ1n) is 8.82. The van der Waals surface area contributed by atoms with Gasteiger partial charge in [-0.2, -0.15) is 11.8 Å². The van der Waals surface area contributed by atoms with Crippen LogP contribution in [0.1, 0.15) is 44.9 Å². The molecule has 3 heteroatoms. The summed E-state index contributed by atoms with van der Waals surface area (Å²) in [4.78, 5) is 0. The molecule has 20 heavy (non-hydrogen) atoms. The van der Waals surface area contributed by atoms with E-state index in [9.17, 15) is 0 Å². The number of hydrogen-bond acceptors (Lipinski definition) is 3. The van der Waals surface area contributed by atoms with Crippen molar-refractivity contribution >= 4 is 11.8 Å². The maximum absolute atomic E-state index is 6.23. The van der Waals surface area contributed by atoms with Crippen LogP contribution in [0.5, 0.6) is 0 Å². The van der Waals surface area contributed by atoms with E-state index >= 15 is 0 Å². The third-order valence-electron chi connectivity index (χ3n) is 7.06. The normalized spacial score (nSPS) is 52.2. The average Bonchev–Trinajstić information content (AvgIpc) is 2.85. The van der Waals surface area contributed by atoms with Crippen molar-refractivity contribution in [3.05, 3.63) is 0 Å². The minimum absolute atomic E-state index is 0.254. The minimum atomic E-state index is 0.254. The van der Waals surface area contributed by atoms with Gasteiger partial charge in [0.15, 0.2) is 0 Å². The Morgan fingerprint density at radius 3 is 2.50 bits per heavy atom. The lowest BCUT2D eigenvalue weighted by Crippen LogP contribution is -2.50. The van der Waals surface area contributed by atoms with Gasteiger partial charge in [-0.25, -0.2) is 0 Å². The third kappa shape index (κ3) is 1.92. The van der Waals surface area contributed by atoms with E-state index in [1.165, 1.54) is 37.2 Å². The molecule has 0 aromatic heterocycles. The van der Waals surface area contributed by atoms with Gasteiger partial charge in [-0.3, -0.25) is 0 Å². The van der Waals surface area contributed by atoms with Crippen LogP contribution in [-0.4, -0.2) is 35.8 Å². The molecule has 2 aliphatic heterocycles. The second-order valence-corrected chi connectivity index (χ2v) is 9.24. The van der Waals surface area contributed by atoms with Crippen LogP contribution in [0, 0.1) is 23.7 Å². The molecule has 1 spiro atoms. The minimum Gasteiger partial charge on any atom is -0.375 e. The van der Waals surface area contributed by atoms with Gasteiger partial charge in [0.25, 0.3) is 0 Å². The maximum Gasteiger partial charge on any atom is 0.0713 e. The first kappa shape index (κ1) is 12.8. The highest BCUT2D eigenvalue weighted by molar-refractivity contribution is 7.99. The molecule has 0 amide bonds. The number of ether oxygens (including phenoxy) is 1. The highest BCUT2D eigenvalue weighted by Crippen LogP contribution is 2.65. The number of rotatable bonds is 2. The summed E-state index contributed by atoms with van der Waals surface area (Å²) in [6.07, 6.45) is 9.77. The van der Waals surface area contributed by atoms with Crippen LogP contribution in [0.25, 0.3) is 0 Å². The van der Waals surface area contributed by atoms with E-state index in [-0.39, 0.29) is 5.60 Å². The molecule has 0 aromatic carbocycles. The molecule has 2 bridgehead atoms. The van der Waals surface area contributed by atoms with Gasteiger partial charge in [0, 0.05) is 18.7 Å². The van der Waals surface area contributed by atoms with Gasteiger partial charge in [-0.05, 0) is 80.1 Å². The second-order valence-electron chi connectivity index (χ2n) is 8.01. The molecule has 5 unspecified atom stereocenters. The van der Waals surface area contributed by atoms with Gasteiger partial charge >= 0.3 is 0 Å². The predicted molar refractivity (Wildman–Crippen MR) is 83.0 cm³/mol. The van der Waals surface area contributed by atoms with Crippen LogP contribution in [0.15, 0.2) is 0 Å². The Bertz CT molecular complexity index is 373. The fourth-order valence-corrected chi connectivity index (χ4v) is 7.32. The van der Waals surface area contributed by atoms with Crippen LogP contribution in [0.2, 0.25) is 0 Å². The van der Waals surface area contributed by atoms with Gasteiger partial charge in [0.05, 0.1) is 5.60 Å². The van der Waals surface area contributed by atoms with Crippen molar-refractivity contribution < 1.29 is 4.74 Å². The number of hydrogen-bond donors (Lipinski definition) is 1. The number of fused-ring (bicyclic) bond motifs is 5. The Labute approximate surface area is 126 Å². The highest BCUT2D eigenvalue weighted by Gasteiger charge is 2.65. The fraction of sp³-hybridized carbons (Fsp3) is 1.00. The van der Waals surface area contributed by atoms with Gasteiger partial charge in [-0.1, -0.05) is 0 Å². The van der Waals surface area contributed by atoms with E-state index in [0.717, 1.165) is 42.4 Å². The van der Waals surface area contributed by atoms with Crippen molar-refractivity contribution in [2.75, 3.05) is 18.1 Å². The Balaban J connectivity index is 1.22. The van der Waals surface area contributed by atoms with Crippen molar-refractivity contribution in [3.8, 4) is 0 Å². The lowest BCUT2D eigenvalue weighted by molar-refractivity contribution is -0.0936. The van der Waals surface area contributed by atoms with E-state index in [2.05, 4.69) is 17.1 Å². The molecule has 5 rings (SSSR count). The SMILES string of the molecule is C1CC(NC2C3C4CCC(C4)C23)CC2(CCSCC2)O1. The van der Waals surface area contributed by atoms with Crippen molar-refractivity contribution in [1.82, 2.24) is 5.32 Å². The molecule has 0 aromatic rings. The summed E-state index contributed by atoms with van der Waals surface area (Å²) in [6.45, 7) is 0.997. The summed E-state index contributed by atoms with van der Waals surface area (Å²) < 4.78 is 6.23. The van der Waals surface area contributed by atoms with Crippen molar-refractivity contribution in [1.29, 1.82) is 0 Å². The van der Waals surface area contributed by atoms with Crippen molar-refractivity contribution in [2.45, 2.75) is 62.6 Å². The predicted octanol–water partition coefficient (Wildman–Crippen LogP) is 3.07. The largest absolute Gasteiger partial charge is 0.375 e. The van der Waals surface area contributed by atoms with E-state index in [1.54, 1.807) is 19.3 Å². The summed E-state index contributed by atoms with van der Waals surface area (Å²) in [7, 11) is 0. The molecule has 112 valence electrons. The molecule has 3 saturated carbocycles. The molecule has 2 nitrogen and oxygen atoms in total. The van der Waals surface area contributed by atoms with Gasteiger partial charge in [0.2, 0.25) is 0 Å². The monoisotopic (exact) mass is 293 g/mol. The van der Waals surface area contributed by atoms with Gasteiger partial charge in [-0.15, -0.1) is 0 Å². The Morgan fingerprint density at radius 1 is 1.00 bits per heavy atom. The van der Waals surface area contributed by atoms with Crippen LogP contribution < -0.4 is 5.32 Å². The Hall–Kier alpha value is 0.270. The summed E-state index contributed by atoms with van der Waals surface area (Å²) in [5.41, 5.74) is 0.254. The molecule has 2 heterocycles. The summed E-state index contributed by atoms with van der Waals surface area (Å²) in [5, 5.41) is 4.08. The first-order valence-corrected chi connectivity index (χ1v) is 9.98. The maximum atomic E-state index is 6.23. The van der Waals surface area contributed by atoms with E-state index < -0.39 is 0 Å². The van der Waals surface area contributed by atoms with Crippen molar-refractivity contribution in [3.63, 3.8) is 0 Å². The highest BCUT2D eigenvalue weighted by atomic mass is 32.2. The van der Waals surface area contributed by atoms with E-state index in [0.29, 0.717) is 0 Å². The topological polar surface area (TPSA) is 21.3 Å². The molecule has 5 atom stereocenters. The summed E-state index contributed by atoms with van der Waals surface area (Å²) >= 11 is 2.11. The Kier molecular flexibility index (Phi) is 2.96. The third-order valence-corrected chi connectivity index (χ3v) is 8.05. The summed E-state index contributed by atoms with van der Waals surface area (Å²) in [6, 6.07) is 1.65. The average molecular weight is 293 g/mol. The van der Waals surface area contributed by atoms with Crippen LogP contribution in [-0.2, 0) is 4.74 Å². The standard InChI is InChI=1S/C17H27NOS/c1-2-12-9-11(1)14-15(12)16(14)18-13-3-6-19-17(10-13)4-7-20-8-5-17/h11-16,18H,1-10H2. The zero-order valence-corrected chi connectivity index (χ0v) is 13.2. The lowest BCUT2D eigenvalue weighted by Gasteiger charge is -2.43. The lowest BCUT2D eigenvalue weighted by atomic mass is 9.85. The van der Waals surface area contributed by atoms with Gasteiger partial charge < -0.3 is 10.1 Å². The second kappa shape index (κ2) is 4.63.